The van der Waals surface area contributed by atoms with Gasteiger partial charge in [-0.1, -0.05) is 27.7 Å². The predicted molar refractivity (Wildman–Crippen MR) is 76.4 cm³/mol. The maximum absolute atomic E-state index is 6.54. The maximum atomic E-state index is 6.54. The highest BCUT2D eigenvalue weighted by atomic mass is 15.3. The molecule has 0 amide bonds. The minimum atomic E-state index is -0.0337. The number of likely N-dealkylation sites (N-methyl/N-ethyl adjacent to an activating group) is 1. The lowest BCUT2D eigenvalue weighted by atomic mass is 9.81. The summed E-state index contributed by atoms with van der Waals surface area (Å²) in [6, 6.07) is 2.00. The zero-order valence-corrected chi connectivity index (χ0v) is 12.5. The second kappa shape index (κ2) is 6.34. The standard InChI is InChI=1S/C14H28N4/c1-6-14(7-2,18(8-3)9-4)13(15)12-10-11-17(5)16-12/h10-11,13H,6-9,15H2,1-5H3. The van der Waals surface area contributed by atoms with Crippen molar-refractivity contribution in [2.45, 2.75) is 52.1 Å². The SMILES string of the molecule is CCN(CC)C(CC)(CC)C(N)c1ccn(C)n1. The average Bonchev–Trinajstić information content (AvgIpc) is 2.82. The molecule has 2 N–H and O–H groups in total. The van der Waals surface area contributed by atoms with Crippen molar-refractivity contribution in [1.82, 2.24) is 14.7 Å². The van der Waals surface area contributed by atoms with Crippen molar-refractivity contribution >= 4 is 0 Å². The number of rotatable bonds is 7. The molecule has 0 aliphatic rings. The van der Waals surface area contributed by atoms with Crippen molar-refractivity contribution in [3.63, 3.8) is 0 Å². The van der Waals surface area contributed by atoms with Crippen LogP contribution < -0.4 is 5.73 Å². The molecule has 0 aliphatic carbocycles. The second-order valence-corrected chi connectivity index (χ2v) is 4.87. The first-order valence-corrected chi connectivity index (χ1v) is 7.05. The number of nitrogens with two attached hydrogens (primary N) is 1. The van der Waals surface area contributed by atoms with Gasteiger partial charge in [0.15, 0.2) is 0 Å². The van der Waals surface area contributed by atoms with Crippen molar-refractivity contribution in [1.29, 1.82) is 0 Å². The van der Waals surface area contributed by atoms with Crippen molar-refractivity contribution < 1.29 is 0 Å². The summed E-state index contributed by atoms with van der Waals surface area (Å²) >= 11 is 0. The highest BCUT2D eigenvalue weighted by molar-refractivity contribution is 5.13. The summed E-state index contributed by atoms with van der Waals surface area (Å²) < 4.78 is 1.83. The molecule has 0 saturated carbocycles. The molecule has 1 unspecified atom stereocenters. The van der Waals surface area contributed by atoms with Gasteiger partial charge in [-0.3, -0.25) is 9.58 Å². The van der Waals surface area contributed by atoms with Gasteiger partial charge >= 0.3 is 0 Å². The van der Waals surface area contributed by atoms with Crippen LogP contribution in [0, 0.1) is 0 Å². The highest BCUT2D eigenvalue weighted by Gasteiger charge is 2.39. The number of aryl methyl sites for hydroxylation is 1. The monoisotopic (exact) mass is 252 g/mol. The lowest BCUT2D eigenvalue weighted by Crippen LogP contribution is -2.54. The summed E-state index contributed by atoms with van der Waals surface area (Å²) in [6.07, 6.45) is 4.05. The van der Waals surface area contributed by atoms with Gasteiger partial charge in [0.2, 0.25) is 0 Å². The van der Waals surface area contributed by atoms with E-state index in [0.717, 1.165) is 31.6 Å². The summed E-state index contributed by atoms with van der Waals surface area (Å²) in [5.74, 6) is 0. The van der Waals surface area contributed by atoms with Gasteiger partial charge in [0.25, 0.3) is 0 Å². The van der Waals surface area contributed by atoms with Crippen molar-refractivity contribution in [2.75, 3.05) is 13.1 Å². The smallest absolute Gasteiger partial charge is 0.0810 e. The highest BCUT2D eigenvalue weighted by Crippen LogP contribution is 2.34. The van der Waals surface area contributed by atoms with Crippen LogP contribution in [0.2, 0.25) is 0 Å². The number of aromatic nitrogens is 2. The number of hydrogen-bond donors (Lipinski definition) is 1. The first-order valence-electron chi connectivity index (χ1n) is 7.05. The largest absolute Gasteiger partial charge is 0.321 e. The van der Waals surface area contributed by atoms with E-state index in [1.807, 2.05) is 24.0 Å². The van der Waals surface area contributed by atoms with Crippen LogP contribution in [-0.2, 0) is 7.05 Å². The van der Waals surface area contributed by atoms with Crippen LogP contribution in [0.4, 0.5) is 0 Å². The van der Waals surface area contributed by atoms with Gasteiger partial charge in [-0.25, -0.2) is 0 Å². The molecular weight excluding hydrogens is 224 g/mol. The molecular formula is C14H28N4. The molecule has 1 aromatic heterocycles. The van der Waals surface area contributed by atoms with E-state index >= 15 is 0 Å². The van der Waals surface area contributed by atoms with E-state index in [1.165, 1.54) is 0 Å². The van der Waals surface area contributed by atoms with E-state index in [9.17, 15) is 0 Å². The summed E-state index contributed by atoms with van der Waals surface area (Å²) in [5.41, 5.74) is 7.55. The van der Waals surface area contributed by atoms with Crippen molar-refractivity contribution in [2.24, 2.45) is 12.8 Å². The Hall–Kier alpha value is -0.870. The lowest BCUT2D eigenvalue weighted by Gasteiger charge is -2.46. The zero-order chi connectivity index (χ0) is 13.8. The Kier molecular flexibility index (Phi) is 5.35. The zero-order valence-electron chi connectivity index (χ0n) is 12.5. The van der Waals surface area contributed by atoms with Gasteiger partial charge in [-0.2, -0.15) is 5.10 Å². The molecule has 4 nitrogen and oxygen atoms in total. The number of nitrogens with zero attached hydrogens (tertiary/aromatic N) is 3. The molecule has 0 aliphatic heterocycles. The Bertz CT molecular complexity index is 350. The molecule has 0 aromatic carbocycles. The lowest BCUT2D eigenvalue weighted by molar-refractivity contribution is 0.0610. The first kappa shape index (κ1) is 15.2. The molecule has 0 saturated heterocycles. The van der Waals surface area contributed by atoms with Crippen LogP contribution in [-0.4, -0.2) is 33.3 Å². The van der Waals surface area contributed by atoms with Crippen LogP contribution in [0.3, 0.4) is 0 Å². The molecule has 1 heterocycles. The molecule has 18 heavy (non-hydrogen) atoms. The predicted octanol–water partition coefficient (Wildman–Crippen LogP) is 2.32. The molecule has 0 radical (unpaired) electrons. The summed E-state index contributed by atoms with van der Waals surface area (Å²) in [7, 11) is 1.94. The Morgan fingerprint density at radius 3 is 2.17 bits per heavy atom. The maximum Gasteiger partial charge on any atom is 0.0810 e. The molecule has 0 bridgehead atoms. The summed E-state index contributed by atoms with van der Waals surface area (Å²) in [5, 5.41) is 4.49. The number of hydrogen-bond acceptors (Lipinski definition) is 3. The van der Waals surface area contributed by atoms with Gasteiger partial charge in [0, 0.05) is 18.8 Å². The molecule has 104 valence electrons. The average molecular weight is 252 g/mol. The third-order valence-electron chi connectivity index (χ3n) is 4.25. The molecule has 0 fully saturated rings. The van der Waals surface area contributed by atoms with Crippen LogP contribution >= 0.6 is 0 Å². The minimum Gasteiger partial charge on any atom is -0.321 e. The fourth-order valence-corrected chi connectivity index (χ4v) is 3.06. The quantitative estimate of drug-likeness (QED) is 0.810. The van der Waals surface area contributed by atoms with Crippen LogP contribution in [0.5, 0.6) is 0 Å². The Labute approximate surface area is 111 Å². The molecule has 1 rings (SSSR count). The van der Waals surface area contributed by atoms with Crippen LogP contribution in [0.1, 0.15) is 52.3 Å². The van der Waals surface area contributed by atoms with E-state index < -0.39 is 0 Å². The summed E-state index contributed by atoms with van der Waals surface area (Å²) in [6.45, 7) is 10.9. The Morgan fingerprint density at radius 1 is 1.28 bits per heavy atom. The van der Waals surface area contributed by atoms with E-state index in [0.29, 0.717) is 0 Å². The van der Waals surface area contributed by atoms with Crippen molar-refractivity contribution in [3.8, 4) is 0 Å². The second-order valence-electron chi connectivity index (χ2n) is 4.87. The molecule has 0 spiro atoms. The van der Waals surface area contributed by atoms with Gasteiger partial charge in [-0.15, -0.1) is 0 Å². The van der Waals surface area contributed by atoms with Crippen LogP contribution in [0.15, 0.2) is 12.3 Å². The van der Waals surface area contributed by atoms with E-state index in [1.54, 1.807) is 0 Å². The normalized spacial score (nSPS) is 14.2. The van der Waals surface area contributed by atoms with Gasteiger partial charge in [0.05, 0.1) is 11.7 Å². The van der Waals surface area contributed by atoms with E-state index in [-0.39, 0.29) is 11.6 Å². The fourth-order valence-electron chi connectivity index (χ4n) is 3.06. The third kappa shape index (κ3) is 2.59. The third-order valence-corrected chi connectivity index (χ3v) is 4.25. The van der Waals surface area contributed by atoms with Gasteiger partial charge in [0.1, 0.15) is 0 Å². The van der Waals surface area contributed by atoms with Gasteiger partial charge in [-0.05, 0) is 32.0 Å². The fraction of sp³-hybridized carbons (Fsp3) is 0.786. The van der Waals surface area contributed by atoms with Crippen molar-refractivity contribution in [3.05, 3.63) is 18.0 Å². The Balaban J connectivity index is 3.10. The van der Waals surface area contributed by atoms with Gasteiger partial charge < -0.3 is 5.73 Å². The Morgan fingerprint density at radius 2 is 1.83 bits per heavy atom. The first-order chi connectivity index (χ1) is 8.55. The topological polar surface area (TPSA) is 47.1 Å². The van der Waals surface area contributed by atoms with E-state index in [2.05, 4.69) is 37.7 Å². The molecule has 1 aromatic rings. The molecule has 1 atom stereocenters. The molecule has 4 heteroatoms. The van der Waals surface area contributed by atoms with E-state index in [4.69, 9.17) is 5.73 Å². The summed E-state index contributed by atoms with van der Waals surface area (Å²) in [4.78, 5) is 2.48. The minimum absolute atomic E-state index is 0.0118. The van der Waals surface area contributed by atoms with Crippen LogP contribution in [0.25, 0.3) is 0 Å².